The Bertz CT molecular complexity index is 1330. The molecule has 4 aromatic heterocycles. The minimum atomic E-state index is -0.164. The van der Waals surface area contributed by atoms with Crippen molar-refractivity contribution in [3.05, 3.63) is 102 Å². The molecule has 0 unspecified atom stereocenters. The zero-order valence-electron chi connectivity index (χ0n) is 17.3. The van der Waals surface area contributed by atoms with Gasteiger partial charge in [0.15, 0.2) is 5.65 Å². The van der Waals surface area contributed by atoms with E-state index in [0.717, 1.165) is 17.0 Å². The molecule has 1 amide bonds. The van der Waals surface area contributed by atoms with Crippen LogP contribution >= 0.6 is 0 Å². The number of amides is 1. The molecule has 0 aliphatic heterocycles. The van der Waals surface area contributed by atoms with E-state index in [2.05, 4.69) is 15.4 Å². The lowest BCUT2D eigenvalue weighted by molar-refractivity contribution is 0.0955. The van der Waals surface area contributed by atoms with E-state index in [1.165, 1.54) is 0 Å². The van der Waals surface area contributed by atoms with Gasteiger partial charge in [-0.2, -0.15) is 5.10 Å². The highest BCUT2D eigenvalue weighted by atomic mass is 16.3. The Morgan fingerprint density at radius 3 is 2.69 bits per heavy atom. The van der Waals surface area contributed by atoms with Crippen LogP contribution in [0.2, 0.25) is 0 Å². The van der Waals surface area contributed by atoms with Crippen LogP contribution in [0.5, 0.6) is 0 Å². The Labute approximate surface area is 184 Å². The maximum absolute atomic E-state index is 13.1. The monoisotopic (exact) mass is 423 g/mol. The van der Waals surface area contributed by atoms with Crippen LogP contribution in [0.15, 0.2) is 89.8 Å². The lowest BCUT2D eigenvalue weighted by Crippen LogP contribution is -2.26. The first kappa shape index (κ1) is 19.7. The maximum Gasteiger partial charge on any atom is 0.252 e. The summed E-state index contributed by atoms with van der Waals surface area (Å²) in [6, 6.07) is 21.1. The van der Waals surface area contributed by atoms with Crippen molar-refractivity contribution >= 4 is 16.9 Å². The first-order valence-corrected chi connectivity index (χ1v) is 10.4. The minimum Gasteiger partial charge on any atom is -0.467 e. The molecule has 1 N–H and O–H groups in total. The third-order valence-electron chi connectivity index (χ3n) is 5.20. The molecule has 32 heavy (non-hydrogen) atoms. The van der Waals surface area contributed by atoms with Gasteiger partial charge in [-0.3, -0.25) is 9.78 Å². The molecule has 0 aliphatic carbocycles. The summed E-state index contributed by atoms with van der Waals surface area (Å²) in [6.07, 6.45) is 5.73. The van der Waals surface area contributed by atoms with Crippen LogP contribution in [0.1, 0.15) is 21.8 Å². The van der Waals surface area contributed by atoms with Gasteiger partial charge in [0.05, 0.1) is 29.1 Å². The molecule has 4 heterocycles. The molecule has 5 aromatic rings. The lowest BCUT2D eigenvalue weighted by atomic mass is 10.1. The number of furan rings is 1. The molecule has 5 rings (SSSR count). The fraction of sp³-hybridized carbons (Fsp3) is 0.120. The van der Waals surface area contributed by atoms with Gasteiger partial charge < -0.3 is 9.73 Å². The maximum atomic E-state index is 13.1. The summed E-state index contributed by atoms with van der Waals surface area (Å²) < 4.78 is 7.22. The van der Waals surface area contributed by atoms with E-state index in [-0.39, 0.29) is 5.91 Å². The Hall–Kier alpha value is -4.26. The van der Waals surface area contributed by atoms with E-state index in [0.29, 0.717) is 41.8 Å². The van der Waals surface area contributed by atoms with Gasteiger partial charge in [-0.25, -0.2) is 9.67 Å². The molecule has 0 bridgehead atoms. The van der Waals surface area contributed by atoms with E-state index in [1.54, 1.807) is 23.3 Å². The molecule has 0 saturated carbocycles. The van der Waals surface area contributed by atoms with Crippen LogP contribution in [0.4, 0.5) is 0 Å². The molecule has 0 atom stereocenters. The number of nitrogens with zero attached hydrogens (tertiary/aromatic N) is 4. The van der Waals surface area contributed by atoms with Crippen LogP contribution < -0.4 is 5.32 Å². The molecule has 0 radical (unpaired) electrons. The lowest BCUT2D eigenvalue weighted by Gasteiger charge is -2.10. The second-order valence-corrected chi connectivity index (χ2v) is 7.37. The molecule has 158 valence electrons. The quantitative estimate of drug-likeness (QED) is 0.426. The van der Waals surface area contributed by atoms with Crippen LogP contribution in [-0.2, 0) is 13.0 Å². The van der Waals surface area contributed by atoms with E-state index in [1.807, 2.05) is 66.7 Å². The number of hydrogen-bond donors (Lipinski definition) is 1. The summed E-state index contributed by atoms with van der Waals surface area (Å²) in [5, 5.41) is 8.19. The van der Waals surface area contributed by atoms with E-state index >= 15 is 0 Å². The zero-order valence-corrected chi connectivity index (χ0v) is 17.3. The predicted octanol–water partition coefficient (Wildman–Crippen LogP) is 4.11. The molecular formula is C25H21N5O2. The Morgan fingerprint density at radius 2 is 1.91 bits per heavy atom. The van der Waals surface area contributed by atoms with Gasteiger partial charge in [-0.15, -0.1) is 0 Å². The molecule has 0 saturated heterocycles. The topological polar surface area (TPSA) is 85.8 Å². The van der Waals surface area contributed by atoms with Gasteiger partial charge >= 0.3 is 0 Å². The average Bonchev–Trinajstić information content (AvgIpc) is 3.50. The van der Waals surface area contributed by atoms with Crippen molar-refractivity contribution in [1.29, 1.82) is 0 Å². The number of aromatic nitrogens is 4. The fourth-order valence-electron chi connectivity index (χ4n) is 3.60. The summed E-state index contributed by atoms with van der Waals surface area (Å²) >= 11 is 0. The Kier molecular flexibility index (Phi) is 5.45. The highest BCUT2D eigenvalue weighted by Crippen LogP contribution is 2.25. The number of hydrogen-bond acceptors (Lipinski definition) is 5. The molecule has 7 nitrogen and oxygen atoms in total. The number of carbonyl (C=O) groups is 1. The van der Waals surface area contributed by atoms with Crippen molar-refractivity contribution in [2.24, 2.45) is 0 Å². The third-order valence-corrected chi connectivity index (χ3v) is 5.20. The second kappa shape index (κ2) is 8.85. The van der Waals surface area contributed by atoms with Gasteiger partial charge in [0.1, 0.15) is 12.3 Å². The second-order valence-electron chi connectivity index (χ2n) is 7.37. The van der Waals surface area contributed by atoms with Gasteiger partial charge in [0.25, 0.3) is 5.91 Å². The summed E-state index contributed by atoms with van der Waals surface area (Å²) in [6.45, 7) is 0.920. The highest BCUT2D eigenvalue weighted by Gasteiger charge is 2.18. The van der Waals surface area contributed by atoms with Crippen LogP contribution in [0.25, 0.3) is 22.3 Å². The SMILES string of the molecule is O=C(NCCc1ccccn1)c1cc(-c2ccccc2)nc2c1cnn2Cc1ccco1. The normalized spacial score (nSPS) is 11.0. The third kappa shape index (κ3) is 4.13. The number of benzene rings is 1. The summed E-state index contributed by atoms with van der Waals surface area (Å²) in [4.78, 5) is 22.3. The minimum absolute atomic E-state index is 0.164. The van der Waals surface area contributed by atoms with Crippen molar-refractivity contribution in [3.8, 4) is 11.3 Å². The van der Waals surface area contributed by atoms with Gasteiger partial charge in [0, 0.05) is 30.4 Å². The van der Waals surface area contributed by atoms with Crippen molar-refractivity contribution in [1.82, 2.24) is 25.1 Å². The van der Waals surface area contributed by atoms with E-state index < -0.39 is 0 Å². The van der Waals surface area contributed by atoms with Crippen molar-refractivity contribution in [2.45, 2.75) is 13.0 Å². The van der Waals surface area contributed by atoms with Crippen LogP contribution in [0, 0.1) is 0 Å². The molecule has 7 heteroatoms. The molecule has 0 aliphatic rings. The molecule has 1 aromatic carbocycles. The molecule has 0 fully saturated rings. The summed E-state index contributed by atoms with van der Waals surface area (Å²) in [7, 11) is 0. The number of pyridine rings is 2. The molecule has 0 spiro atoms. The highest BCUT2D eigenvalue weighted by molar-refractivity contribution is 6.06. The van der Waals surface area contributed by atoms with E-state index in [4.69, 9.17) is 9.40 Å². The Balaban J connectivity index is 1.48. The number of nitrogens with one attached hydrogen (secondary N) is 1. The summed E-state index contributed by atoms with van der Waals surface area (Å²) in [5.74, 6) is 0.603. The van der Waals surface area contributed by atoms with Gasteiger partial charge in [-0.05, 0) is 30.3 Å². The number of fused-ring (bicyclic) bond motifs is 1. The first-order valence-electron chi connectivity index (χ1n) is 10.4. The number of carbonyl (C=O) groups excluding carboxylic acids is 1. The van der Waals surface area contributed by atoms with Crippen molar-refractivity contribution in [2.75, 3.05) is 6.54 Å². The Morgan fingerprint density at radius 1 is 1.03 bits per heavy atom. The fourth-order valence-corrected chi connectivity index (χ4v) is 3.60. The molecular weight excluding hydrogens is 402 g/mol. The van der Waals surface area contributed by atoms with Gasteiger partial charge in [-0.1, -0.05) is 36.4 Å². The zero-order chi connectivity index (χ0) is 21.8. The average molecular weight is 423 g/mol. The predicted molar refractivity (Wildman–Crippen MR) is 121 cm³/mol. The smallest absolute Gasteiger partial charge is 0.252 e. The number of rotatable bonds is 7. The summed E-state index contributed by atoms with van der Waals surface area (Å²) in [5.41, 5.74) is 3.76. The van der Waals surface area contributed by atoms with Gasteiger partial charge in [0.2, 0.25) is 0 Å². The van der Waals surface area contributed by atoms with Crippen molar-refractivity contribution in [3.63, 3.8) is 0 Å². The van der Waals surface area contributed by atoms with Crippen molar-refractivity contribution < 1.29 is 9.21 Å². The van der Waals surface area contributed by atoms with Crippen LogP contribution in [-0.4, -0.2) is 32.2 Å². The van der Waals surface area contributed by atoms with Crippen LogP contribution in [0.3, 0.4) is 0 Å². The largest absolute Gasteiger partial charge is 0.467 e. The first-order chi connectivity index (χ1) is 15.8. The van der Waals surface area contributed by atoms with E-state index in [9.17, 15) is 4.79 Å². The standard InChI is InChI=1S/C25H21N5O2/c31-25(27-13-11-19-9-4-5-12-26-19)21-15-23(18-7-2-1-3-8-18)29-24-22(21)16-28-30(24)17-20-10-6-14-32-20/h1-10,12,14-16H,11,13,17H2,(H,27,31).